The Labute approximate surface area is 161 Å². The molecule has 0 saturated carbocycles. The minimum absolute atomic E-state index is 0.104. The van der Waals surface area contributed by atoms with Crippen LogP contribution in [-0.4, -0.2) is 26.5 Å². The molecule has 0 fully saturated rings. The van der Waals surface area contributed by atoms with Gasteiger partial charge in [-0.05, 0) is 47.0 Å². The van der Waals surface area contributed by atoms with E-state index in [-0.39, 0.29) is 17.6 Å². The Kier molecular flexibility index (Phi) is 3.65. The summed E-state index contributed by atoms with van der Waals surface area (Å²) in [7, 11) is 0. The van der Waals surface area contributed by atoms with Crippen LogP contribution in [-0.2, 0) is 12.8 Å². The van der Waals surface area contributed by atoms with Crippen molar-refractivity contribution in [1.29, 1.82) is 0 Å². The van der Waals surface area contributed by atoms with E-state index in [1.807, 2.05) is 30.3 Å². The summed E-state index contributed by atoms with van der Waals surface area (Å²) in [5.74, 6) is 0.442. The fraction of sp³-hybridized carbons (Fsp3) is 0.136. The highest BCUT2D eigenvalue weighted by Crippen LogP contribution is 2.39. The summed E-state index contributed by atoms with van der Waals surface area (Å²) in [5, 5.41) is 27.5. The summed E-state index contributed by atoms with van der Waals surface area (Å²) in [5.41, 5.74) is 11.7. The molecule has 5 N–H and O–H groups in total. The molecule has 4 aromatic rings. The van der Waals surface area contributed by atoms with Crippen LogP contribution >= 0.6 is 0 Å². The molecule has 0 radical (unpaired) electrons. The molecule has 0 unspecified atom stereocenters. The number of fused-ring (bicyclic) bond motifs is 2. The molecule has 1 aliphatic carbocycles. The molecule has 0 bridgehead atoms. The lowest BCUT2D eigenvalue weighted by Crippen LogP contribution is -2.17. The van der Waals surface area contributed by atoms with Gasteiger partial charge in [0.1, 0.15) is 11.9 Å². The van der Waals surface area contributed by atoms with Crippen LogP contribution in [0.1, 0.15) is 11.1 Å². The van der Waals surface area contributed by atoms with Gasteiger partial charge in [-0.25, -0.2) is 0 Å². The summed E-state index contributed by atoms with van der Waals surface area (Å²) in [6.07, 6.45) is 2.98. The molecule has 6 nitrogen and oxygen atoms in total. The standard InChI is InChI=1S/C22H19N3O3/c23-18-3-1-2-17(12-4-5-19-15(6-12)11-24-25-19)22(18)28-16-7-13-9-20(26)21(27)10-14(13)8-16/h1-6,9-11,16,26-27H,7-8,23H2,(H,24,25). The fourth-order valence-corrected chi connectivity index (χ4v) is 3.88. The lowest BCUT2D eigenvalue weighted by molar-refractivity contribution is 0.216. The number of aromatic hydroxyl groups is 2. The van der Waals surface area contributed by atoms with Crippen LogP contribution in [0.4, 0.5) is 5.69 Å². The second kappa shape index (κ2) is 6.20. The number of aromatic amines is 1. The first kappa shape index (κ1) is 16.5. The van der Waals surface area contributed by atoms with Crippen LogP contribution in [0.5, 0.6) is 17.2 Å². The SMILES string of the molecule is Nc1cccc(-c2ccc3[nH]ncc3c2)c1OC1Cc2cc(O)c(O)cc2C1. The summed E-state index contributed by atoms with van der Waals surface area (Å²) in [6, 6.07) is 15.0. The number of aromatic nitrogens is 2. The highest BCUT2D eigenvalue weighted by atomic mass is 16.5. The molecule has 1 aromatic heterocycles. The van der Waals surface area contributed by atoms with E-state index in [4.69, 9.17) is 10.5 Å². The zero-order valence-electron chi connectivity index (χ0n) is 15.0. The zero-order chi connectivity index (χ0) is 19.3. The number of hydrogen-bond acceptors (Lipinski definition) is 5. The van der Waals surface area contributed by atoms with Crippen LogP contribution in [0.25, 0.3) is 22.0 Å². The third kappa shape index (κ3) is 2.70. The molecule has 140 valence electrons. The lowest BCUT2D eigenvalue weighted by atomic mass is 10.0. The Morgan fingerprint density at radius 1 is 1.00 bits per heavy atom. The van der Waals surface area contributed by atoms with Crippen LogP contribution in [0.15, 0.2) is 54.7 Å². The third-order valence-corrected chi connectivity index (χ3v) is 5.27. The molecule has 28 heavy (non-hydrogen) atoms. The van der Waals surface area contributed by atoms with Crippen molar-refractivity contribution in [1.82, 2.24) is 10.2 Å². The molecule has 5 rings (SSSR count). The number of nitrogens with two attached hydrogens (primary N) is 1. The van der Waals surface area contributed by atoms with E-state index in [0.29, 0.717) is 24.3 Å². The maximum Gasteiger partial charge on any atom is 0.157 e. The number of phenolic OH excluding ortho intramolecular Hbond substituents is 2. The largest absolute Gasteiger partial charge is 0.504 e. The minimum atomic E-state index is -0.114. The van der Waals surface area contributed by atoms with Crippen molar-refractivity contribution >= 4 is 16.6 Å². The predicted octanol–water partition coefficient (Wildman–Crippen LogP) is 3.77. The van der Waals surface area contributed by atoms with Crippen molar-refractivity contribution in [3.05, 3.63) is 65.9 Å². The number of para-hydroxylation sites is 1. The van der Waals surface area contributed by atoms with E-state index in [1.165, 1.54) is 0 Å². The molecule has 0 spiro atoms. The van der Waals surface area contributed by atoms with Gasteiger partial charge in [-0.15, -0.1) is 0 Å². The van der Waals surface area contributed by atoms with Crippen molar-refractivity contribution in [3.63, 3.8) is 0 Å². The summed E-state index contributed by atoms with van der Waals surface area (Å²) in [6.45, 7) is 0. The number of phenols is 2. The second-order valence-electron chi connectivity index (χ2n) is 7.15. The van der Waals surface area contributed by atoms with Gasteiger partial charge in [0.05, 0.1) is 17.4 Å². The number of nitrogen functional groups attached to an aromatic ring is 1. The highest BCUT2D eigenvalue weighted by Gasteiger charge is 2.26. The number of nitrogens with zero attached hydrogens (tertiary/aromatic N) is 1. The van der Waals surface area contributed by atoms with Gasteiger partial charge in [0, 0.05) is 23.8 Å². The maximum absolute atomic E-state index is 9.75. The van der Waals surface area contributed by atoms with Gasteiger partial charge in [-0.2, -0.15) is 5.10 Å². The number of nitrogens with one attached hydrogen (secondary N) is 1. The smallest absolute Gasteiger partial charge is 0.157 e. The van der Waals surface area contributed by atoms with Gasteiger partial charge < -0.3 is 20.7 Å². The molecule has 0 atom stereocenters. The Balaban J connectivity index is 1.49. The van der Waals surface area contributed by atoms with Gasteiger partial charge in [-0.3, -0.25) is 5.10 Å². The van der Waals surface area contributed by atoms with E-state index < -0.39 is 0 Å². The number of rotatable bonds is 3. The first-order valence-corrected chi connectivity index (χ1v) is 9.11. The van der Waals surface area contributed by atoms with Crippen molar-refractivity contribution in [2.75, 3.05) is 5.73 Å². The molecular weight excluding hydrogens is 354 g/mol. The van der Waals surface area contributed by atoms with E-state index in [1.54, 1.807) is 18.3 Å². The topological polar surface area (TPSA) is 104 Å². The quantitative estimate of drug-likeness (QED) is 0.323. The van der Waals surface area contributed by atoms with Crippen molar-refractivity contribution in [2.24, 2.45) is 0 Å². The molecule has 0 aliphatic heterocycles. The van der Waals surface area contributed by atoms with Gasteiger partial charge in [0.15, 0.2) is 11.5 Å². The van der Waals surface area contributed by atoms with Gasteiger partial charge in [0.25, 0.3) is 0 Å². The number of hydrogen-bond donors (Lipinski definition) is 4. The second-order valence-corrected chi connectivity index (χ2v) is 7.15. The average molecular weight is 373 g/mol. The normalized spacial score (nSPS) is 13.7. The van der Waals surface area contributed by atoms with Crippen LogP contribution in [0.2, 0.25) is 0 Å². The van der Waals surface area contributed by atoms with Gasteiger partial charge >= 0.3 is 0 Å². The fourth-order valence-electron chi connectivity index (χ4n) is 3.88. The van der Waals surface area contributed by atoms with Crippen molar-refractivity contribution in [2.45, 2.75) is 18.9 Å². The Hall–Kier alpha value is -3.67. The van der Waals surface area contributed by atoms with E-state index in [9.17, 15) is 10.2 Å². The molecule has 6 heteroatoms. The third-order valence-electron chi connectivity index (χ3n) is 5.27. The predicted molar refractivity (Wildman–Crippen MR) is 108 cm³/mol. The Bertz CT molecular complexity index is 1170. The number of H-pyrrole nitrogens is 1. The van der Waals surface area contributed by atoms with Gasteiger partial charge in [0.2, 0.25) is 0 Å². The molecule has 1 heterocycles. The Morgan fingerprint density at radius 3 is 2.50 bits per heavy atom. The number of ether oxygens (including phenoxy) is 1. The van der Waals surface area contributed by atoms with E-state index in [0.717, 1.165) is 33.2 Å². The minimum Gasteiger partial charge on any atom is -0.504 e. The highest BCUT2D eigenvalue weighted by molar-refractivity contribution is 5.87. The molecule has 0 saturated heterocycles. The summed E-state index contributed by atoms with van der Waals surface area (Å²) in [4.78, 5) is 0. The molecular formula is C22H19N3O3. The number of anilines is 1. The lowest BCUT2D eigenvalue weighted by Gasteiger charge is -2.18. The van der Waals surface area contributed by atoms with E-state index in [2.05, 4.69) is 16.3 Å². The van der Waals surface area contributed by atoms with Crippen molar-refractivity contribution in [3.8, 4) is 28.4 Å². The van der Waals surface area contributed by atoms with Crippen LogP contribution < -0.4 is 10.5 Å². The summed E-state index contributed by atoms with van der Waals surface area (Å²) >= 11 is 0. The van der Waals surface area contributed by atoms with Crippen LogP contribution in [0.3, 0.4) is 0 Å². The summed E-state index contributed by atoms with van der Waals surface area (Å²) < 4.78 is 6.34. The maximum atomic E-state index is 9.75. The first-order chi connectivity index (χ1) is 13.6. The Morgan fingerprint density at radius 2 is 1.75 bits per heavy atom. The molecule has 3 aromatic carbocycles. The van der Waals surface area contributed by atoms with Crippen molar-refractivity contribution < 1.29 is 14.9 Å². The number of benzene rings is 3. The molecule has 0 amide bonds. The van der Waals surface area contributed by atoms with Gasteiger partial charge in [-0.1, -0.05) is 18.2 Å². The molecule has 1 aliphatic rings. The van der Waals surface area contributed by atoms with Crippen LogP contribution in [0, 0.1) is 0 Å². The zero-order valence-corrected chi connectivity index (χ0v) is 15.0. The first-order valence-electron chi connectivity index (χ1n) is 9.11. The monoisotopic (exact) mass is 373 g/mol. The average Bonchev–Trinajstić information content (AvgIpc) is 3.29. The van der Waals surface area contributed by atoms with E-state index >= 15 is 0 Å².